The Balaban J connectivity index is 2.18. The minimum absolute atomic E-state index is 0.000463. The van der Waals surface area contributed by atoms with E-state index in [9.17, 15) is 13.6 Å². The molecule has 0 radical (unpaired) electrons. The lowest BCUT2D eigenvalue weighted by Gasteiger charge is -2.09. The van der Waals surface area contributed by atoms with Crippen LogP contribution in [0.25, 0.3) is 0 Å². The summed E-state index contributed by atoms with van der Waals surface area (Å²) in [6.07, 6.45) is 0.518. The van der Waals surface area contributed by atoms with Crippen molar-refractivity contribution in [3.05, 3.63) is 65.2 Å². The number of ether oxygens (including phenoxy) is 1. The Bertz CT molecular complexity index is 567. The van der Waals surface area contributed by atoms with Gasteiger partial charge in [0, 0.05) is 0 Å². The summed E-state index contributed by atoms with van der Waals surface area (Å²) >= 11 is 0. The van der Waals surface area contributed by atoms with Crippen molar-refractivity contribution in [3.8, 4) is 5.75 Å². The van der Waals surface area contributed by atoms with Crippen LogP contribution in [0.5, 0.6) is 5.75 Å². The molecule has 0 aliphatic carbocycles. The monoisotopic (exact) mass is 248 g/mol. The number of halogens is 2. The molecule has 4 heteroatoms. The van der Waals surface area contributed by atoms with E-state index in [1.165, 1.54) is 36.4 Å². The Labute approximate surface area is 103 Å². The maximum absolute atomic E-state index is 13.5. The average molecular weight is 248 g/mol. The molecule has 2 aromatic rings. The number of hydrogen-bond donors (Lipinski definition) is 0. The van der Waals surface area contributed by atoms with Gasteiger partial charge in [0.15, 0.2) is 17.9 Å². The largest absolute Gasteiger partial charge is 0.485 e. The molecule has 0 saturated heterocycles. The summed E-state index contributed by atoms with van der Waals surface area (Å²) in [5.41, 5.74) is 0.696. The molecule has 0 spiro atoms. The van der Waals surface area contributed by atoms with E-state index in [0.29, 0.717) is 11.8 Å². The fraction of sp³-hybridized carbons (Fsp3) is 0.0714. The normalized spacial score (nSPS) is 10.1. The fourth-order valence-electron chi connectivity index (χ4n) is 1.55. The van der Waals surface area contributed by atoms with Crippen LogP contribution in [0.2, 0.25) is 0 Å². The molecule has 0 atom stereocenters. The number of aldehydes is 1. The first-order valence-electron chi connectivity index (χ1n) is 5.31. The summed E-state index contributed by atoms with van der Waals surface area (Å²) < 4.78 is 31.6. The predicted molar refractivity (Wildman–Crippen MR) is 62.5 cm³/mol. The summed E-state index contributed by atoms with van der Waals surface area (Å²) in [6, 6.07) is 9.88. The Hall–Kier alpha value is -2.23. The molecule has 0 saturated carbocycles. The smallest absolute Gasteiger partial charge is 0.165 e. The van der Waals surface area contributed by atoms with E-state index in [-0.39, 0.29) is 23.7 Å². The second-order valence-electron chi connectivity index (χ2n) is 3.69. The Morgan fingerprint density at radius 1 is 1.11 bits per heavy atom. The summed E-state index contributed by atoms with van der Waals surface area (Å²) in [7, 11) is 0. The molecule has 0 unspecified atom stereocenters. The van der Waals surface area contributed by atoms with E-state index < -0.39 is 5.82 Å². The number of para-hydroxylation sites is 1. The fourth-order valence-corrected chi connectivity index (χ4v) is 1.55. The van der Waals surface area contributed by atoms with Gasteiger partial charge in [0.05, 0.1) is 5.56 Å². The SMILES string of the molecule is O=Cc1cccc(F)c1OCc1cccc(F)c1. The van der Waals surface area contributed by atoms with Crippen LogP contribution in [-0.4, -0.2) is 6.29 Å². The van der Waals surface area contributed by atoms with Gasteiger partial charge in [-0.05, 0) is 29.8 Å². The van der Waals surface area contributed by atoms with Crippen molar-refractivity contribution in [2.75, 3.05) is 0 Å². The van der Waals surface area contributed by atoms with Crippen molar-refractivity contribution < 1.29 is 18.3 Å². The molecule has 0 amide bonds. The van der Waals surface area contributed by atoms with E-state index in [2.05, 4.69) is 0 Å². The van der Waals surface area contributed by atoms with Crippen molar-refractivity contribution >= 4 is 6.29 Å². The topological polar surface area (TPSA) is 26.3 Å². The molecule has 2 nitrogen and oxygen atoms in total. The van der Waals surface area contributed by atoms with E-state index in [0.717, 1.165) is 0 Å². The van der Waals surface area contributed by atoms with Gasteiger partial charge in [-0.25, -0.2) is 8.78 Å². The first-order chi connectivity index (χ1) is 8.70. The zero-order chi connectivity index (χ0) is 13.0. The van der Waals surface area contributed by atoms with Crippen molar-refractivity contribution in [2.24, 2.45) is 0 Å². The van der Waals surface area contributed by atoms with Crippen LogP contribution in [0.15, 0.2) is 42.5 Å². The predicted octanol–water partition coefficient (Wildman–Crippen LogP) is 3.36. The van der Waals surface area contributed by atoms with Gasteiger partial charge in [-0.15, -0.1) is 0 Å². The first-order valence-corrected chi connectivity index (χ1v) is 5.31. The van der Waals surface area contributed by atoms with Crippen molar-refractivity contribution in [1.29, 1.82) is 0 Å². The van der Waals surface area contributed by atoms with Crippen LogP contribution in [0, 0.1) is 11.6 Å². The molecule has 0 aliphatic heterocycles. The Kier molecular flexibility index (Phi) is 3.67. The van der Waals surface area contributed by atoms with Gasteiger partial charge in [0.2, 0.25) is 0 Å². The molecule has 18 heavy (non-hydrogen) atoms. The lowest BCUT2D eigenvalue weighted by molar-refractivity contribution is 0.111. The third-order valence-corrected chi connectivity index (χ3v) is 2.40. The third-order valence-electron chi connectivity index (χ3n) is 2.40. The second-order valence-corrected chi connectivity index (χ2v) is 3.69. The molecule has 2 rings (SSSR count). The maximum Gasteiger partial charge on any atom is 0.165 e. The lowest BCUT2D eigenvalue weighted by atomic mass is 10.2. The zero-order valence-electron chi connectivity index (χ0n) is 9.40. The van der Waals surface area contributed by atoms with Gasteiger partial charge < -0.3 is 4.74 Å². The number of benzene rings is 2. The van der Waals surface area contributed by atoms with Gasteiger partial charge in [-0.2, -0.15) is 0 Å². The summed E-state index contributed by atoms with van der Waals surface area (Å²) in [4.78, 5) is 10.7. The summed E-state index contributed by atoms with van der Waals surface area (Å²) in [5, 5.41) is 0. The van der Waals surface area contributed by atoms with Gasteiger partial charge in [-0.3, -0.25) is 4.79 Å². The van der Waals surface area contributed by atoms with Gasteiger partial charge in [0.1, 0.15) is 12.4 Å². The average Bonchev–Trinajstić information content (AvgIpc) is 2.37. The van der Waals surface area contributed by atoms with E-state index in [1.54, 1.807) is 6.07 Å². The van der Waals surface area contributed by atoms with Gasteiger partial charge >= 0.3 is 0 Å². The molecule has 0 aliphatic rings. The standard InChI is InChI=1S/C14H10F2O2/c15-12-5-1-3-10(7-12)9-18-14-11(8-17)4-2-6-13(14)16/h1-8H,9H2. The van der Waals surface area contributed by atoms with Crippen LogP contribution in [-0.2, 0) is 6.61 Å². The van der Waals surface area contributed by atoms with Crippen molar-refractivity contribution in [1.82, 2.24) is 0 Å². The quantitative estimate of drug-likeness (QED) is 0.775. The summed E-state index contributed by atoms with van der Waals surface area (Å²) in [5.74, 6) is -1.12. The molecule has 0 N–H and O–H groups in total. The molecule has 0 aromatic heterocycles. The molecule has 0 bridgehead atoms. The van der Waals surface area contributed by atoms with E-state index in [1.807, 2.05) is 0 Å². The molecular formula is C14H10F2O2. The van der Waals surface area contributed by atoms with Crippen LogP contribution >= 0.6 is 0 Å². The molecular weight excluding hydrogens is 238 g/mol. The van der Waals surface area contributed by atoms with Crippen molar-refractivity contribution in [2.45, 2.75) is 6.61 Å². The number of rotatable bonds is 4. The highest BCUT2D eigenvalue weighted by atomic mass is 19.1. The van der Waals surface area contributed by atoms with Gasteiger partial charge in [-0.1, -0.05) is 18.2 Å². The number of carbonyl (C=O) groups excluding carboxylic acids is 1. The Morgan fingerprint density at radius 3 is 2.61 bits per heavy atom. The highest BCUT2D eigenvalue weighted by molar-refractivity contribution is 5.79. The highest BCUT2D eigenvalue weighted by Gasteiger charge is 2.09. The second kappa shape index (κ2) is 5.40. The first kappa shape index (κ1) is 12.2. The maximum atomic E-state index is 13.5. The highest BCUT2D eigenvalue weighted by Crippen LogP contribution is 2.22. The summed E-state index contributed by atoms with van der Waals surface area (Å²) in [6.45, 7) is -0.000463. The van der Waals surface area contributed by atoms with Gasteiger partial charge in [0.25, 0.3) is 0 Å². The third kappa shape index (κ3) is 2.71. The Morgan fingerprint density at radius 2 is 1.89 bits per heavy atom. The zero-order valence-corrected chi connectivity index (χ0v) is 9.40. The van der Waals surface area contributed by atoms with Crippen molar-refractivity contribution in [3.63, 3.8) is 0 Å². The molecule has 0 fully saturated rings. The lowest BCUT2D eigenvalue weighted by Crippen LogP contribution is -2.00. The molecule has 2 aromatic carbocycles. The molecule has 92 valence electrons. The number of hydrogen-bond acceptors (Lipinski definition) is 2. The van der Waals surface area contributed by atoms with E-state index >= 15 is 0 Å². The van der Waals surface area contributed by atoms with Crippen LogP contribution in [0.3, 0.4) is 0 Å². The van der Waals surface area contributed by atoms with Crippen LogP contribution in [0.4, 0.5) is 8.78 Å². The van der Waals surface area contributed by atoms with Crippen LogP contribution in [0.1, 0.15) is 15.9 Å². The minimum atomic E-state index is -0.615. The molecule has 0 heterocycles. The van der Waals surface area contributed by atoms with Crippen LogP contribution < -0.4 is 4.74 Å². The minimum Gasteiger partial charge on any atom is -0.485 e. The number of carbonyl (C=O) groups is 1. The van der Waals surface area contributed by atoms with E-state index in [4.69, 9.17) is 4.74 Å².